The Kier molecular flexibility index (Phi) is 6.53. The second-order valence-electron chi connectivity index (χ2n) is 4.62. The molecule has 0 saturated heterocycles. The van der Waals surface area contributed by atoms with Gasteiger partial charge in [0, 0.05) is 5.69 Å². The molecule has 0 heterocycles. The fraction of sp³-hybridized carbons (Fsp3) is 0.600. The molecule has 2 heteroatoms. The van der Waals surface area contributed by atoms with E-state index in [1.165, 1.54) is 25.7 Å². The molecular formula is C15H25NO. The molecule has 2 nitrogen and oxygen atoms in total. The monoisotopic (exact) mass is 235 g/mol. The maximum absolute atomic E-state index is 5.72. The van der Waals surface area contributed by atoms with E-state index in [9.17, 15) is 0 Å². The van der Waals surface area contributed by atoms with Gasteiger partial charge in [0.05, 0.1) is 6.61 Å². The van der Waals surface area contributed by atoms with Crippen molar-refractivity contribution < 1.29 is 4.74 Å². The van der Waals surface area contributed by atoms with Crippen LogP contribution in [-0.4, -0.2) is 6.61 Å². The minimum absolute atomic E-state index is 0.784. The molecule has 0 aliphatic rings. The van der Waals surface area contributed by atoms with Crippen molar-refractivity contribution in [1.82, 2.24) is 0 Å². The summed E-state index contributed by atoms with van der Waals surface area (Å²) in [4.78, 5) is 0. The van der Waals surface area contributed by atoms with E-state index in [0.29, 0.717) is 0 Å². The summed E-state index contributed by atoms with van der Waals surface area (Å²) < 4.78 is 5.72. The first-order valence-electron chi connectivity index (χ1n) is 6.74. The predicted molar refractivity (Wildman–Crippen MR) is 74.3 cm³/mol. The summed E-state index contributed by atoms with van der Waals surface area (Å²) in [5.74, 6) is 1.73. The van der Waals surface area contributed by atoms with Gasteiger partial charge in [0.15, 0.2) is 0 Å². The molecule has 0 aliphatic heterocycles. The Morgan fingerprint density at radius 1 is 1.12 bits per heavy atom. The molecule has 2 N–H and O–H groups in total. The Morgan fingerprint density at radius 2 is 1.82 bits per heavy atom. The van der Waals surface area contributed by atoms with Gasteiger partial charge in [-0.25, -0.2) is 0 Å². The van der Waals surface area contributed by atoms with Crippen LogP contribution in [0.5, 0.6) is 5.75 Å². The number of anilines is 1. The lowest BCUT2D eigenvalue weighted by Crippen LogP contribution is -2.06. The number of rotatable bonds is 8. The van der Waals surface area contributed by atoms with Crippen LogP contribution in [0.15, 0.2) is 24.3 Å². The summed E-state index contributed by atoms with van der Waals surface area (Å²) in [5.41, 5.74) is 6.41. The van der Waals surface area contributed by atoms with Crippen LogP contribution in [-0.2, 0) is 0 Å². The third-order valence-electron chi connectivity index (χ3n) is 3.22. The van der Waals surface area contributed by atoms with Gasteiger partial charge in [-0.15, -0.1) is 0 Å². The minimum Gasteiger partial charge on any atom is -0.494 e. The lowest BCUT2D eigenvalue weighted by molar-refractivity contribution is 0.267. The molecule has 96 valence electrons. The molecule has 0 spiro atoms. The van der Waals surface area contributed by atoms with Crippen molar-refractivity contribution in [2.45, 2.75) is 46.0 Å². The number of nitrogen functional groups attached to an aromatic ring is 1. The topological polar surface area (TPSA) is 35.2 Å². The number of hydrogen-bond donors (Lipinski definition) is 1. The second-order valence-corrected chi connectivity index (χ2v) is 4.62. The lowest BCUT2D eigenvalue weighted by atomic mass is 9.96. The average Bonchev–Trinajstić information content (AvgIpc) is 2.36. The molecular weight excluding hydrogens is 210 g/mol. The number of hydrogen-bond acceptors (Lipinski definition) is 2. The Labute approximate surface area is 105 Å². The standard InChI is InChI=1S/C15H25NO/c1-3-5-6-13(4-2)11-12-17-15-9-7-14(16)8-10-15/h7-10,13H,3-6,11-12,16H2,1-2H3. The number of benzene rings is 1. The van der Waals surface area contributed by atoms with Gasteiger partial charge in [-0.1, -0.05) is 39.5 Å². The van der Waals surface area contributed by atoms with Crippen LogP contribution in [0.25, 0.3) is 0 Å². The Balaban J connectivity index is 2.23. The van der Waals surface area contributed by atoms with Crippen LogP contribution in [0.1, 0.15) is 46.0 Å². The maximum Gasteiger partial charge on any atom is 0.119 e. The van der Waals surface area contributed by atoms with Gasteiger partial charge < -0.3 is 10.5 Å². The Hall–Kier alpha value is -1.18. The zero-order chi connectivity index (χ0) is 12.5. The molecule has 0 aromatic heterocycles. The molecule has 0 radical (unpaired) electrons. The fourth-order valence-electron chi connectivity index (χ4n) is 1.95. The van der Waals surface area contributed by atoms with Crippen LogP contribution in [0, 0.1) is 5.92 Å². The molecule has 1 atom stereocenters. The molecule has 1 unspecified atom stereocenters. The predicted octanol–water partition coefficient (Wildman–Crippen LogP) is 4.25. The van der Waals surface area contributed by atoms with Gasteiger partial charge in [-0.05, 0) is 36.6 Å². The summed E-state index contributed by atoms with van der Waals surface area (Å²) in [6, 6.07) is 7.62. The van der Waals surface area contributed by atoms with Crippen molar-refractivity contribution in [3.05, 3.63) is 24.3 Å². The van der Waals surface area contributed by atoms with E-state index < -0.39 is 0 Å². The smallest absolute Gasteiger partial charge is 0.119 e. The lowest BCUT2D eigenvalue weighted by Gasteiger charge is -2.14. The fourth-order valence-corrected chi connectivity index (χ4v) is 1.95. The van der Waals surface area contributed by atoms with E-state index in [2.05, 4.69) is 13.8 Å². The molecule has 17 heavy (non-hydrogen) atoms. The van der Waals surface area contributed by atoms with E-state index in [-0.39, 0.29) is 0 Å². The van der Waals surface area contributed by atoms with Gasteiger partial charge >= 0.3 is 0 Å². The third kappa shape index (κ3) is 5.62. The van der Waals surface area contributed by atoms with Crippen LogP contribution in [0.2, 0.25) is 0 Å². The van der Waals surface area contributed by atoms with Gasteiger partial charge in [-0.3, -0.25) is 0 Å². The molecule has 1 rings (SSSR count). The third-order valence-corrected chi connectivity index (χ3v) is 3.22. The molecule has 0 aliphatic carbocycles. The maximum atomic E-state index is 5.72. The normalized spacial score (nSPS) is 12.4. The van der Waals surface area contributed by atoms with Crippen LogP contribution in [0.3, 0.4) is 0 Å². The summed E-state index contributed by atoms with van der Waals surface area (Å²) in [5, 5.41) is 0. The van der Waals surface area contributed by atoms with Crippen LogP contribution in [0.4, 0.5) is 5.69 Å². The van der Waals surface area contributed by atoms with Crippen molar-refractivity contribution in [2.75, 3.05) is 12.3 Å². The molecule has 0 amide bonds. The quantitative estimate of drug-likeness (QED) is 0.683. The zero-order valence-electron chi connectivity index (χ0n) is 11.1. The van der Waals surface area contributed by atoms with Crippen LogP contribution >= 0.6 is 0 Å². The zero-order valence-corrected chi connectivity index (χ0v) is 11.1. The van der Waals surface area contributed by atoms with Crippen molar-refractivity contribution in [1.29, 1.82) is 0 Å². The molecule has 0 bridgehead atoms. The number of ether oxygens (including phenoxy) is 1. The molecule has 0 saturated carbocycles. The average molecular weight is 235 g/mol. The summed E-state index contributed by atoms with van der Waals surface area (Å²) >= 11 is 0. The largest absolute Gasteiger partial charge is 0.494 e. The highest BCUT2D eigenvalue weighted by Gasteiger charge is 2.05. The minimum atomic E-state index is 0.784. The highest BCUT2D eigenvalue weighted by molar-refractivity contribution is 5.41. The summed E-state index contributed by atoms with van der Waals surface area (Å²) in [6.07, 6.45) is 6.36. The number of unbranched alkanes of at least 4 members (excludes halogenated alkanes) is 1. The van der Waals surface area contributed by atoms with E-state index >= 15 is 0 Å². The van der Waals surface area contributed by atoms with Gasteiger partial charge in [-0.2, -0.15) is 0 Å². The molecule has 0 fully saturated rings. The van der Waals surface area contributed by atoms with E-state index in [0.717, 1.165) is 30.4 Å². The van der Waals surface area contributed by atoms with Crippen molar-refractivity contribution in [3.8, 4) is 5.75 Å². The molecule has 1 aromatic carbocycles. The van der Waals surface area contributed by atoms with Gasteiger partial charge in [0.25, 0.3) is 0 Å². The van der Waals surface area contributed by atoms with Crippen molar-refractivity contribution in [2.24, 2.45) is 5.92 Å². The highest BCUT2D eigenvalue weighted by Crippen LogP contribution is 2.18. The first-order chi connectivity index (χ1) is 8.26. The van der Waals surface area contributed by atoms with E-state index in [1.54, 1.807) is 0 Å². The van der Waals surface area contributed by atoms with Gasteiger partial charge in [0.1, 0.15) is 5.75 Å². The first kappa shape index (κ1) is 13.9. The Morgan fingerprint density at radius 3 is 2.41 bits per heavy atom. The first-order valence-corrected chi connectivity index (χ1v) is 6.74. The van der Waals surface area contributed by atoms with Gasteiger partial charge in [0.2, 0.25) is 0 Å². The van der Waals surface area contributed by atoms with Crippen molar-refractivity contribution >= 4 is 5.69 Å². The van der Waals surface area contributed by atoms with E-state index in [4.69, 9.17) is 10.5 Å². The van der Waals surface area contributed by atoms with Crippen molar-refractivity contribution in [3.63, 3.8) is 0 Å². The number of nitrogens with two attached hydrogens (primary N) is 1. The Bertz CT molecular complexity index is 294. The second kappa shape index (κ2) is 7.99. The molecule has 1 aromatic rings. The van der Waals surface area contributed by atoms with E-state index in [1.807, 2.05) is 24.3 Å². The highest BCUT2D eigenvalue weighted by atomic mass is 16.5. The summed E-state index contributed by atoms with van der Waals surface area (Å²) in [6.45, 7) is 5.33. The SMILES string of the molecule is CCCCC(CC)CCOc1ccc(N)cc1. The van der Waals surface area contributed by atoms with Crippen LogP contribution < -0.4 is 10.5 Å². The summed E-state index contributed by atoms with van der Waals surface area (Å²) in [7, 11) is 0.